The van der Waals surface area contributed by atoms with Gasteiger partial charge in [0, 0.05) is 18.8 Å². The van der Waals surface area contributed by atoms with Crippen LogP contribution < -0.4 is 10.2 Å². The number of carboxylic acid groups (broad SMARTS) is 1. The van der Waals surface area contributed by atoms with Gasteiger partial charge in [0.25, 0.3) is 5.91 Å². The highest BCUT2D eigenvalue weighted by molar-refractivity contribution is 7.29. The molecule has 0 saturated heterocycles. The van der Waals surface area contributed by atoms with Gasteiger partial charge in [-0.1, -0.05) is 29.5 Å². The molecule has 0 atom stereocenters. The third kappa shape index (κ3) is 3.86. The number of benzene rings is 1. The topological polar surface area (TPSA) is 82.5 Å². The summed E-state index contributed by atoms with van der Waals surface area (Å²) in [5.74, 6) is -1.18. The first-order valence-corrected chi connectivity index (χ1v) is 9.91. The summed E-state index contributed by atoms with van der Waals surface area (Å²) in [6, 6.07) is 8.79. The Morgan fingerprint density at radius 1 is 1.19 bits per heavy atom. The first kappa shape index (κ1) is 18.3. The number of carbonyl (C=O) groups excluding carboxylic acids is 1. The second-order valence-corrected chi connectivity index (χ2v) is 7.67. The molecule has 2 aromatic heterocycles. The van der Waals surface area contributed by atoms with Crippen LogP contribution in [0.15, 0.2) is 30.3 Å². The minimum absolute atomic E-state index is 0.134. The first-order valence-electron chi connectivity index (χ1n) is 8.28. The summed E-state index contributed by atoms with van der Waals surface area (Å²) in [6.07, 6.45) is -0.134. The van der Waals surface area contributed by atoms with E-state index in [0.717, 1.165) is 27.8 Å². The number of thiophene rings is 1. The van der Waals surface area contributed by atoms with Crippen LogP contribution in [0.1, 0.15) is 29.1 Å². The molecule has 0 aliphatic rings. The number of hydrogen-bond acceptors (Lipinski definition) is 6. The van der Waals surface area contributed by atoms with Crippen LogP contribution in [-0.2, 0) is 11.2 Å². The van der Waals surface area contributed by atoms with Crippen LogP contribution in [0.2, 0.25) is 0 Å². The lowest BCUT2D eigenvalue weighted by molar-refractivity contribution is -0.136. The molecule has 0 aliphatic heterocycles. The number of nitrogens with one attached hydrogen (secondary N) is 1. The molecule has 0 saturated carbocycles. The van der Waals surface area contributed by atoms with E-state index in [-0.39, 0.29) is 12.3 Å². The van der Waals surface area contributed by atoms with Crippen LogP contribution in [0.5, 0.6) is 0 Å². The molecule has 136 valence electrons. The van der Waals surface area contributed by atoms with Crippen LogP contribution in [0, 0.1) is 0 Å². The lowest BCUT2D eigenvalue weighted by atomic mass is 10.1. The second-order valence-electron chi connectivity index (χ2n) is 5.63. The number of rotatable bonds is 7. The fourth-order valence-electron chi connectivity index (χ4n) is 2.61. The molecule has 1 aromatic carbocycles. The predicted octanol–water partition coefficient (Wildman–Crippen LogP) is 4.08. The van der Waals surface area contributed by atoms with Crippen molar-refractivity contribution < 1.29 is 14.7 Å². The smallest absolute Gasteiger partial charge is 0.307 e. The minimum Gasteiger partial charge on any atom is -0.481 e. The van der Waals surface area contributed by atoms with Gasteiger partial charge in [-0.15, -0.1) is 11.3 Å². The zero-order valence-corrected chi connectivity index (χ0v) is 16.1. The van der Waals surface area contributed by atoms with E-state index >= 15 is 0 Å². The van der Waals surface area contributed by atoms with Crippen molar-refractivity contribution in [2.75, 3.05) is 23.3 Å². The molecule has 0 spiro atoms. The number of para-hydroxylation sites is 1. The number of nitrogens with zero attached hydrogens (tertiary/aromatic N) is 2. The van der Waals surface area contributed by atoms with Crippen molar-refractivity contribution >= 4 is 54.9 Å². The van der Waals surface area contributed by atoms with Crippen molar-refractivity contribution in [3.8, 4) is 0 Å². The van der Waals surface area contributed by atoms with Gasteiger partial charge in [0.05, 0.1) is 16.0 Å². The molecule has 6 nitrogen and oxygen atoms in total. The number of fused-ring (bicyclic) bond motifs is 1. The highest BCUT2D eigenvalue weighted by Gasteiger charge is 2.17. The molecule has 0 bridgehead atoms. The van der Waals surface area contributed by atoms with E-state index in [1.807, 2.05) is 6.07 Å². The van der Waals surface area contributed by atoms with Crippen LogP contribution in [0.3, 0.4) is 0 Å². The van der Waals surface area contributed by atoms with Crippen molar-refractivity contribution in [3.05, 3.63) is 40.8 Å². The maximum Gasteiger partial charge on any atom is 0.307 e. The van der Waals surface area contributed by atoms with Crippen molar-refractivity contribution in [1.29, 1.82) is 0 Å². The number of carbonyl (C=O) groups is 2. The summed E-state index contributed by atoms with van der Waals surface area (Å²) in [5, 5.41) is 12.8. The Bertz CT molecular complexity index is 913. The molecule has 1 amide bonds. The Morgan fingerprint density at radius 2 is 1.92 bits per heavy atom. The number of aliphatic carboxylic acids is 1. The van der Waals surface area contributed by atoms with Gasteiger partial charge in [-0.2, -0.15) is 0 Å². The molecule has 3 aromatic rings. The van der Waals surface area contributed by atoms with Crippen molar-refractivity contribution in [3.63, 3.8) is 0 Å². The number of hydrogen-bond donors (Lipinski definition) is 2. The lowest BCUT2D eigenvalue weighted by Gasteiger charge is -2.16. The molecular formula is C18H19N3O3S2. The van der Waals surface area contributed by atoms with Crippen LogP contribution >= 0.6 is 22.7 Å². The minimum atomic E-state index is -0.934. The van der Waals surface area contributed by atoms with E-state index in [9.17, 15) is 9.59 Å². The molecule has 0 fully saturated rings. The van der Waals surface area contributed by atoms with Gasteiger partial charge < -0.3 is 15.3 Å². The van der Waals surface area contributed by atoms with Crippen molar-refractivity contribution in [2.24, 2.45) is 0 Å². The van der Waals surface area contributed by atoms with E-state index in [2.05, 4.69) is 29.0 Å². The fraction of sp³-hybridized carbons (Fsp3) is 0.278. The summed E-state index contributed by atoms with van der Waals surface area (Å²) in [4.78, 5) is 31.8. The summed E-state index contributed by atoms with van der Waals surface area (Å²) < 4.78 is 0.987. The maximum absolute atomic E-state index is 12.6. The van der Waals surface area contributed by atoms with Crippen molar-refractivity contribution in [1.82, 2.24) is 4.98 Å². The third-order valence-corrected chi connectivity index (χ3v) is 6.16. The number of amides is 1. The van der Waals surface area contributed by atoms with E-state index < -0.39 is 5.97 Å². The summed E-state index contributed by atoms with van der Waals surface area (Å²) >= 11 is 2.93. The van der Waals surface area contributed by atoms with Gasteiger partial charge in [-0.05, 0) is 31.5 Å². The molecule has 2 N–H and O–H groups in total. The van der Waals surface area contributed by atoms with E-state index in [1.54, 1.807) is 35.6 Å². The first-order chi connectivity index (χ1) is 12.5. The van der Waals surface area contributed by atoms with E-state index in [0.29, 0.717) is 16.1 Å². The molecular weight excluding hydrogens is 370 g/mol. The van der Waals surface area contributed by atoms with Gasteiger partial charge in [0.1, 0.15) is 4.83 Å². The SMILES string of the molecule is CCN(CC)c1nc2sc(C(=O)Nc3ccccc3CC(=O)O)cc2s1. The molecule has 0 radical (unpaired) electrons. The average Bonchev–Trinajstić information content (AvgIpc) is 3.16. The fourth-order valence-corrected chi connectivity index (χ4v) is 4.84. The molecule has 26 heavy (non-hydrogen) atoms. The molecule has 2 heterocycles. The van der Waals surface area contributed by atoms with E-state index in [4.69, 9.17) is 5.11 Å². The Morgan fingerprint density at radius 3 is 2.58 bits per heavy atom. The van der Waals surface area contributed by atoms with Crippen LogP contribution in [-0.4, -0.2) is 35.1 Å². The molecule has 0 unspecified atom stereocenters. The standard InChI is InChI=1S/C18H19N3O3S2/c1-3-21(4-2)18-20-17-14(26-18)10-13(25-17)16(24)19-12-8-6-5-7-11(12)9-15(22)23/h5-8,10H,3-4,9H2,1-2H3,(H,19,24)(H,22,23). The largest absolute Gasteiger partial charge is 0.481 e. The predicted molar refractivity (Wildman–Crippen MR) is 107 cm³/mol. The molecule has 3 rings (SSSR count). The van der Waals surface area contributed by atoms with Gasteiger partial charge in [-0.25, -0.2) is 4.98 Å². The lowest BCUT2D eigenvalue weighted by Crippen LogP contribution is -2.21. The Hall–Kier alpha value is -2.45. The number of thiazole rings is 1. The zero-order valence-electron chi connectivity index (χ0n) is 14.5. The monoisotopic (exact) mass is 389 g/mol. The molecule has 0 aliphatic carbocycles. The van der Waals surface area contributed by atoms with Crippen LogP contribution in [0.4, 0.5) is 10.8 Å². The van der Waals surface area contributed by atoms with Gasteiger partial charge in [0.15, 0.2) is 5.13 Å². The van der Waals surface area contributed by atoms with E-state index in [1.165, 1.54) is 11.3 Å². The highest BCUT2D eigenvalue weighted by atomic mass is 32.1. The molecule has 8 heteroatoms. The number of anilines is 2. The van der Waals surface area contributed by atoms with Gasteiger partial charge >= 0.3 is 5.97 Å². The highest BCUT2D eigenvalue weighted by Crippen LogP contribution is 2.35. The zero-order chi connectivity index (χ0) is 18.7. The summed E-state index contributed by atoms with van der Waals surface area (Å²) in [6.45, 7) is 5.97. The summed E-state index contributed by atoms with van der Waals surface area (Å²) in [7, 11) is 0. The number of aromatic nitrogens is 1. The van der Waals surface area contributed by atoms with Crippen molar-refractivity contribution in [2.45, 2.75) is 20.3 Å². The second kappa shape index (κ2) is 7.84. The maximum atomic E-state index is 12.6. The Balaban J connectivity index is 1.80. The van der Waals surface area contributed by atoms with Gasteiger partial charge in [0.2, 0.25) is 0 Å². The van der Waals surface area contributed by atoms with Gasteiger partial charge in [-0.3, -0.25) is 9.59 Å². The Labute approximate surface area is 159 Å². The summed E-state index contributed by atoms with van der Waals surface area (Å²) in [5.41, 5.74) is 1.10. The third-order valence-electron chi connectivity index (χ3n) is 3.94. The average molecular weight is 390 g/mol. The normalized spacial score (nSPS) is 10.8. The Kier molecular flexibility index (Phi) is 5.53. The quantitative estimate of drug-likeness (QED) is 0.636. The van der Waals surface area contributed by atoms with Crippen LogP contribution in [0.25, 0.3) is 9.53 Å². The number of carboxylic acids is 1.